The number of benzene rings is 1. The molecule has 1 atom stereocenters. The number of Topliss-reactive ketones (excluding diaryl/α,β-unsaturated/α-hetero) is 1. The van der Waals surface area contributed by atoms with Crippen LogP contribution in [0.5, 0.6) is 5.75 Å². The van der Waals surface area contributed by atoms with Crippen LogP contribution in [0.1, 0.15) is 34.6 Å². The highest BCUT2D eigenvalue weighted by atomic mass is 16.6. The second-order valence-corrected chi connectivity index (χ2v) is 3.26. The van der Waals surface area contributed by atoms with Gasteiger partial charge in [-0.2, -0.15) is 0 Å². The van der Waals surface area contributed by atoms with Crippen molar-refractivity contribution in [2.75, 3.05) is 0 Å². The first kappa shape index (κ1) is 12.2. The molecule has 0 spiro atoms. The van der Waals surface area contributed by atoms with E-state index in [4.69, 9.17) is 5.11 Å². The van der Waals surface area contributed by atoms with Crippen molar-refractivity contribution in [2.45, 2.75) is 20.1 Å². The van der Waals surface area contributed by atoms with Crippen LogP contribution in [0, 0.1) is 0 Å². The zero-order valence-corrected chi connectivity index (χ0v) is 8.93. The van der Waals surface area contributed by atoms with Crippen molar-refractivity contribution >= 4 is 11.8 Å². The molecule has 1 rings (SSSR count). The topological polar surface area (TPSA) is 83.8 Å². The van der Waals surface area contributed by atoms with Crippen LogP contribution in [0.4, 0.5) is 0 Å². The molecular formula is C11H12O5. The molecule has 0 radical (unpaired) electrons. The maximum Gasteiger partial charge on any atom is 0.344 e. The van der Waals surface area contributed by atoms with Gasteiger partial charge in [-0.15, -0.1) is 0 Å². The Bertz CT molecular complexity index is 422. The zero-order chi connectivity index (χ0) is 12.3. The number of hydrogen-bond donors (Lipinski definition) is 2. The Morgan fingerprint density at radius 2 is 1.88 bits per heavy atom. The molecule has 0 amide bonds. The smallest absolute Gasteiger partial charge is 0.344 e. The van der Waals surface area contributed by atoms with Crippen molar-refractivity contribution in [3.63, 3.8) is 0 Å². The molecule has 2 N–H and O–H groups in total. The van der Waals surface area contributed by atoms with E-state index in [0.717, 1.165) is 0 Å². The van der Waals surface area contributed by atoms with Gasteiger partial charge in [0.2, 0.25) is 0 Å². The summed E-state index contributed by atoms with van der Waals surface area (Å²) in [6.45, 7) is 2.54. The number of hydrogen-bond acceptors (Lipinski definition) is 5. The normalized spacial score (nSPS) is 11.9. The Balaban J connectivity index is 3.10. The summed E-state index contributed by atoms with van der Waals surface area (Å²) in [4.78, 5) is 22.5. The highest BCUT2D eigenvalue weighted by molar-refractivity contribution is 6.02. The number of phenols is 1. The van der Waals surface area contributed by atoms with Gasteiger partial charge in [0.05, 0.1) is 5.56 Å². The summed E-state index contributed by atoms with van der Waals surface area (Å²) in [5.41, 5.74) is -0.103. The molecule has 0 heterocycles. The fourth-order valence-electron chi connectivity index (χ4n) is 1.21. The van der Waals surface area contributed by atoms with Gasteiger partial charge >= 0.3 is 5.97 Å². The summed E-state index contributed by atoms with van der Waals surface area (Å²) in [6.07, 6.45) is -1.27. The van der Waals surface area contributed by atoms with Crippen molar-refractivity contribution in [1.29, 1.82) is 0 Å². The summed E-state index contributed by atoms with van der Waals surface area (Å²) in [7, 11) is 0. The minimum atomic E-state index is -1.27. The lowest BCUT2D eigenvalue weighted by molar-refractivity contribution is -0.0524. The molecule has 0 aromatic heterocycles. The Morgan fingerprint density at radius 3 is 2.38 bits per heavy atom. The van der Waals surface area contributed by atoms with E-state index in [-0.39, 0.29) is 16.9 Å². The Hall–Kier alpha value is -1.88. The second kappa shape index (κ2) is 4.76. The number of rotatable bonds is 3. The number of esters is 1. The lowest BCUT2D eigenvalue weighted by atomic mass is 10.1. The average Bonchev–Trinajstić information content (AvgIpc) is 2.16. The lowest BCUT2D eigenvalue weighted by Crippen LogP contribution is -2.14. The van der Waals surface area contributed by atoms with Crippen molar-refractivity contribution in [1.82, 2.24) is 0 Å². The lowest BCUT2D eigenvalue weighted by Gasteiger charge is -2.09. The first-order valence-corrected chi connectivity index (χ1v) is 4.65. The van der Waals surface area contributed by atoms with Gasteiger partial charge in [-0.1, -0.05) is 6.07 Å². The molecule has 1 aromatic rings. The van der Waals surface area contributed by atoms with Gasteiger partial charge in [0.1, 0.15) is 11.3 Å². The largest absolute Gasteiger partial charge is 0.506 e. The molecule has 1 unspecified atom stereocenters. The zero-order valence-electron chi connectivity index (χ0n) is 8.93. The van der Waals surface area contributed by atoms with E-state index >= 15 is 0 Å². The molecule has 0 saturated heterocycles. The fraction of sp³-hybridized carbons (Fsp3) is 0.273. The van der Waals surface area contributed by atoms with E-state index in [0.29, 0.717) is 0 Å². The third-order valence-electron chi connectivity index (χ3n) is 1.91. The SMILES string of the molecule is CC(=O)c1cccc(C(=O)OC(C)O)c1O. The van der Waals surface area contributed by atoms with Crippen molar-refractivity contribution in [3.05, 3.63) is 29.3 Å². The van der Waals surface area contributed by atoms with Crippen LogP contribution in [0.2, 0.25) is 0 Å². The second-order valence-electron chi connectivity index (χ2n) is 3.26. The summed E-state index contributed by atoms with van der Waals surface area (Å²) in [5, 5.41) is 18.5. The highest BCUT2D eigenvalue weighted by Gasteiger charge is 2.18. The van der Waals surface area contributed by atoms with Gasteiger partial charge in [-0.05, 0) is 26.0 Å². The number of aliphatic hydroxyl groups is 1. The van der Waals surface area contributed by atoms with E-state index in [2.05, 4.69) is 4.74 Å². The molecule has 16 heavy (non-hydrogen) atoms. The minimum absolute atomic E-state index is 0.0417. The van der Waals surface area contributed by atoms with Crippen LogP contribution in [-0.2, 0) is 4.74 Å². The van der Waals surface area contributed by atoms with Crippen LogP contribution in [0.3, 0.4) is 0 Å². The first-order chi connectivity index (χ1) is 7.43. The molecule has 0 aliphatic heterocycles. The van der Waals surface area contributed by atoms with Crippen LogP contribution in [0.25, 0.3) is 0 Å². The number of ketones is 1. The maximum absolute atomic E-state index is 11.4. The van der Waals surface area contributed by atoms with E-state index in [1.165, 1.54) is 32.0 Å². The van der Waals surface area contributed by atoms with E-state index in [1.807, 2.05) is 0 Å². The average molecular weight is 224 g/mol. The van der Waals surface area contributed by atoms with E-state index in [9.17, 15) is 14.7 Å². The summed E-state index contributed by atoms with van der Waals surface area (Å²) in [6, 6.07) is 4.17. The highest BCUT2D eigenvalue weighted by Crippen LogP contribution is 2.23. The number of phenolic OH excluding ortho intramolecular Hbond substituents is 1. The quantitative estimate of drug-likeness (QED) is 0.456. The van der Waals surface area contributed by atoms with E-state index < -0.39 is 18.0 Å². The molecule has 0 aliphatic carbocycles. The third kappa shape index (κ3) is 2.58. The molecule has 5 heteroatoms. The summed E-state index contributed by atoms with van der Waals surface area (Å²) >= 11 is 0. The predicted octanol–water partition coefficient (Wildman–Crippen LogP) is 1.09. The molecule has 1 aromatic carbocycles. The van der Waals surface area contributed by atoms with Crippen molar-refractivity contribution in [2.24, 2.45) is 0 Å². The van der Waals surface area contributed by atoms with Gasteiger partial charge in [0.25, 0.3) is 0 Å². The molecule has 0 bridgehead atoms. The van der Waals surface area contributed by atoms with Crippen molar-refractivity contribution in [3.8, 4) is 5.75 Å². The van der Waals surface area contributed by atoms with E-state index in [1.54, 1.807) is 0 Å². The molecule has 0 aliphatic rings. The van der Waals surface area contributed by atoms with Crippen LogP contribution < -0.4 is 0 Å². The fourth-order valence-corrected chi connectivity index (χ4v) is 1.21. The van der Waals surface area contributed by atoms with Gasteiger partial charge in [0.15, 0.2) is 12.1 Å². The Labute approximate surface area is 92.3 Å². The van der Waals surface area contributed by atoms with Crippen molar-refractivity contribution < 1.29 is 24.5 Å². The van der Waals surface area contributed by atoms with Crippen LogP contribution in [0.15, 0.2) is 18.2 Å². The number of aliphatic hydroxyl groups excluding tert-OH is 1. The van der Waals surface area contributed by atoms with Crippen LogP contribution in [-0.4, -0.2) is 28.3 Å². The van der Waals surface area contributed by atoms with Crippen LogP contribution >= 0.6 is 0 Å². The monoisotopic (exact) mass is 224 g/mol. The first-order valence-electron chi connectivity index (χ1n) is 4.65. The van der Waals surface area contributed by atoms with Gasteiger partial charge < -0.3 is 14.9 Å². The van der Waals surface area contributed by atoms with Gasteiger partial charge in [-0.25, -0.2) is 4.79 Å². The predicted molar refractivity (Wildman–Crippen MR) is 55.2 cm³/mol. The number of carbonyl (C=O) groups excluding carboxylic acids is 2. The maximum atomic E-state index is 11.4. The third-order valence-corrected chi connectivity index (χ3v) is 1.91. The number of aromatic hydroxyl groups is 1. The number of ether oxygens (including phenoxy) is 1. The molecule has 0 saturated carbocycles. The van der Waals surface area contributed by atoms with Gasteiger partial charge in [-0.3, -0.25) is 4.79 Å². The van der Waals surface area contributed by atoms with Gasteiger partial charge in [0, 0.05) is 0 Å². The summed E-state index contributed by atoms with van der Waals surface area (Å²) < 4.78 is 4.50. The Kier molecular flexibility index (Phi) is 3.63. The molecule has 5 nitrogen and oxygen atoms in total. The molecule has 86 valence electrons. The number of carbonyl (C=O) groups is 2. The summed E-state index contributed by atoms with van der Waals surface area (Å²) in [5.74, 6) is -1.67. The standard InChI is InChI=1S/C11H12O5/c1-6(12)8-4-3-5-9(10(8)14)11(15)16-7(2)13/h3-5,7,13-14H,1-2H3. The molecular weight excluding hydrogens is 212 g/mol. The minimum Gasteiger partial charge on any atom is -0.506 e. The number of para-hydroxylation sites is 1. The Morgan fingerprint density at radius 1 is 1.31 bits per heavy atom. The molecule has 0 fully saturated rings.